The van der Waals surface area contributed by atoms with Crippen molar-refractivity contribution in [1.82, 2.24) is 25.3 Å². The van der Waals surface area contributed by atoms with Gasteiger partial charge in [0.05, 0.1) is 0 Å². The summed E-state index contributed by atoms with van der Waals surface area (Å²) in [4.78, 5) is 22.6. The summed E-state index contributed by atoms with van der Waals surface area (Å²) in [5, 5.41) is 3.11. The first-order valence-electron chi connectivity index (χ1n) is 9.49. The zero-order valence-electron chi connectivity index (χ0n) is 16.1. The molecule has 0 amide bonds. The lowest BCUT2D eigenvalue weighted by Crippen LogP contribution is -2.33. The monoisotopic (exact) mass is 456 g/mol. The number of hydrogen-bond acceptors (Lipinski definition) is 5. The van der Waals surface area contributed by atoms with Crippen LogP contribution in [0, 0.1) is 0 Å². The molecule has 8 nitrogen and oxygen atoms in total. The molecule has 4 N–H and O–H groups in total. The molecule has 0 aliphatic carbocycles. The maximum absolute atomic E-state index is 5.94. The van der Waals surface area contributed by atoms with Crippen LogP contribution in [0.5, 0.6) is 0 Å². The first-order valence-corrected chi connectivity index (χ1v) is 10.3. The second kappa shape index (κ2) is 11.2. The maximum atomic E-state index is 5.94. The smallest absolute Gasteiger partial charge is 0.225 e. The molecular formula is C20H25BrN8. The van der Waals surface area contributed by atoms with Crippen molar-refractivity contribution in [3.8, 4) is 0 Å². The topological polar surface area (TPSA) is 108 Å². The van der Waals surface area contributed by atoms with Gasteiger partial charge in [0.15, 0.2) is 5.96 Å². The first-order chi connectivity index (χ1) is 14.2. The van der Waals surface area contributed by atoms with Crippen LogP contribution >= 0.6 is 15.9 Å². The molecule has 0 aliphatic heterocycles. The highest BCUT2D eigenvalue weighted by Gasteiger charge is 2.09. The molecule has 0 bridgehead atoms. The predicted molar refractivity (Wildman–Crippen MR) is 119 cm³/mol. The van der Waals surface area contributed by atoms with Crippen molar-refractivity contribution in [1.29, 1.82) is 0 Å². The largest absolute Gasteiger partial charge is 0.370 e. The van der Waals surface area contributed by atoms with Crippen molar-refractivity contribution >= 4 is 27.8 Å². The Balaban J connectivity index is 1.48. The van der Waals surface area contributed by atoms with Crippen LogP contribution in [0.4, 0.5) is 5.95 Å². The van der Waals surface area contributed by atoms with E-state index in [1.807, 2.05) is 24.4 Å². The van der Waals surface area contributed by atoms with Gasteiger partial charge in [-0.2, -0.15) is 0 Å². The average Bonchev–Trinajstić information content (AvgIpc) is 3.26. The molecule has 0 fully saturated rings. The van der Waals surface area contributed by atoms with Gasteiger partial charge in [-0.1, -0.05) is 28.1 Å². The second-order valence-electron chi connectivity index (χ2n) is 6.43. The number of aromatic nitrogens is 4. The summed E-state index contributed by atoms with van der Waals surface area (Å²) in [6.45, 7) is 2.83. The predicted octanol–water partition coefficient (Wildman–Crippen LogP) is 2.51. The Hall–Kier alpha value is -2.94. The molecule has 0 saturated carbocycles. The number of nitrogens with two attached hydrogens (primary N) is 1. The van der Waals surface area contributed by atoms with E-state index in [0.29, 0.717) is 25.0 Å². The molecule has 0 aliphatic rings. The zero-order chi connectivity index (χ0) is 20.3. The summed E-state index contributed by atoms with van der Waals surface area (Å²) in [7, 11) is 0. The van der Waals surface area contributed by atoms with E-state index in [4.69, 9.17) is 5.73 Å². The number of H-pyrrole nitrogens is 1. The molecule has 0 spiro atoms. The van der Waals surface area contributed by atoms with Crippen LogP contribution in [0.3, 0.4) is 0 Å². The molecule has 0 radical (unpaired) electrons. The van der Waals surface area contributed by atoms with Crippen molar-refractivity contribution < 1.29 is 0 Å². The number of benzene rings is 1. The number of rotatable bonds is 10. The van der Waals surface area contributed by atoms with Gasteiger partial charge >= 0.3 is 0 Å². The highest BCUT2D eigenvalue weighted by Crippen LogP contribution is 2.15. The van der Waals surface area contributed by atoms with E-state index in [9.17, 15) is 0 Å². The van der Waals surface area contributed by atoms with Crippen LogP contribution in [0.15, 0.2) is 64.6 Å². The number of aromatic amines is 1. The van der Waals surface area contributed by atoms with Crippen molar-refractivity contribution in [2.24, 2.45) is 10.7 Å². The number of nitrogens with one attached hydrogen (secondary N) is 2. The van der Waals surface area contributed by atoms with Crippen LogP contribution in [0.1, 0.15) is 17.8 Å². The van der Waals surface area contributed by atoms with E-state index in [0.717, 1.165) is 36.2 Å². The fourth-order valence-corrected chi connectivity index (χ4v) is 3.04. The molecule has 1 aromatic carbocycles. The third kappa shape index (κ3) is 7.19. The Bertz CT molecular complexity index is 865. The quantitative estimate of drug-likeness (QED) is 0.245. The first kappa shape index (κ1) is 20.8. The minimum Gasteiger partial charge on any atom is -0.370 e. The highest BCUT2D eigenvalue weighted by atomic mass is 79.9. The number of guanidine groups is 1. The van der Waals surface area contributed by atoms with Gasteiger partial charge in [0.25, 0.3) is 0 Å². The van der Waals surface area contributed by atoms with E-state index in [1.54, 1.807) is 18.6 Å². The third-order valence-electron chi connectivity index (χ3n) is 4.21. The Morgan fingerprint density at radius 2 is 1.93 bits per heavy atom. The van der Waals surface area contributed by atoms with E-state index in [2.05, 4.69) is 63.2 Å². The van der Waals surface area contributed by atoms with Gasteiger partial charge in [-0.25, -0.2) is 15.0 Å². The molecule has 0 saturated heterocycles. The van der Waals surface area contributed by atoms with Crippen molar-refractivity contribution in [2.45, 2.75) is 19.4 Å². The van der Waals surface area contributed by atoms with Crippen molar-refractivity contribution in [3.63, 3.8) is 0 Å². The Kier molecular flexibility index (Phi) is 8.00. The van der Waals surface area contributed by atoms with Crippen LogP contribution < -0.4 is 16.0 Å². The van der Waals surface area contributed by atoms with E-state index in [-0.39, 0.29) is 0 Å². The van der Waals surface area contributed by atoms with Crippen LogP contribution in [0.2, 0.25) is 0 Å². The van der Waals surface area contributed by atoms with Crippen LogP contribution in [-0.2, 0) is 13.0 Å². The fraction of sp³-hybridized carbons (Fsp3) is 0.300. The van der Waals surface area contributed by atoms with E-state index >= 15 is 0 Å². The molecule has 2 aromatic heterocycles. The molecular weight excluding hydrogens is 432 g/mol. The maximum Gasteiger partial charge on any atom is 0.225 e. The Labute approximate surface area is 178 Å². The van der Waals surface area contributed by atoms with Gasteiger partial charge in [-0.3, -0.25) is 4.99 Å². The number of hydrogen-bond donors (Lipinski definition) is 3. The minimum absolute atomic E-state index is 0.451. The van der Waals surface area contributed by atoms with Gasteiger partial charge in [-0.05, 0) is 30.2 Å². The van der Waals surface area contributed by atoms with Crippen molar-refractivity contribution in [3.05, 3.63) is 71.0 Å². The molecule has 152 valence electrons. The summed E-state index contributed by atoms with van der Waals surface area (Å²) in [6, 6.07) is 10.1. The fourth-order valence-electron chi connectivity index (χ4n) is 2.78. The van der Waals surface area contributed by atoms with Gasteiger partial charge in [0.1, 0.15) is 5.82 Å². The molecule has 2 heterocycles. The second-order valence-corrected chi connectivity index (χ2v) is 7.35. The van der Waals surface area contributed by atoms with Crippen LogP contribution in [0.25, 0.3) is 0 Å². The summed E-state index contributed by atoms with van der Waals surface area (Å²) in [5.41, 5.74) is 7.14. The number of halogens is 1. The zero-order valence-corrected chi connectivity index (χ0v) is 17.7. The summed E-state index contributed by atoms with van der Waals surface area (Å²) < 4.78 is 1.06. The number of anilines is 1. The van der Waals surface area contributed by atoms with E-state index in [1.165, 1.54) is 5.56 Å². The molecule has 29 heavy (non-hydrogen) atoms. The summed E-state index contributed by atoms with van der Waals surface area (Å²) >= 11 is 3.47. The lowest BCUT2D eigenvalue weighted by atomic mass is 10.2. The number of imidazole rings is 1. The molecule has 3 rings (SSSR count). The molecule has 0 unspecified atom stereocenters. The standard InChI is InChI=1S/C20H25BrN8/c21-17-5-3-16(4-6-17)15-29(20-27-8-1-9-28-20)14-2-10-25-19(22)26-11-7-18-23-12-13-24-18/h1,3-6,8-9,12-13H,2,7,10-11,14-15H2,(H,23,24)(H3,22,25,26). The average molecular weight is 457 g/mol. The SMILES string of the molecule is NC(=NCCCN(Cc1ccc(Br)cc1)c1ncccn1)NCCc1ncc[nH]1. The summed E-state index contributed by atoms with van der Waals surface area (Å²) in [6.07, 6.45) is 8.68. The minimum atomic E-state index is 0.451. The lowest BCUT2D eigenvalue weighted by molar-refractivity contribution is 0.711. The Morgan fingerprint density at radius 3 is 2.66 bits per heavy atom. The van der Waals surface area contributed by atoms with Gasteiger partial charge in [-0.15, -0.1) is 0 Å². The molecule has 0 atom stereocenters. The Morgan fingerprint density at radius 1 is 1.14 bits per heavy atom. The summed E-state index contributed by atoms with van der Waals surface area (Å²) in [5.74, 6) is 2.09. The van der Waals surface area contributed by atoms with E-state index < -0.39 is 0 Å². The van der Waals surface area contributed by atoms with Gasteiger partial charge in [0.2, 0.25) is 5.95 Å². The van der Waals surface area contributed by atoms with Crippen LogP contribution in [-0.4, -0.2) is 45.5 Å². The molecule has 9 heteroatoms. The normalized spacial score (nSPS) is 11.4. The highest BCUT2D eigenvalue weighted by molar-refractivity contribution is 9.10. The lowest BCUT2D eigenvalue weighted by Gasteiger charge is -2.22. The number of nitrogens with zero attached hydrogens (tertiary/aromatic N) is 5. The number of aliphatic imine (C=N–C) groups is 1. The van der Waals surface area contributed by atoms with Crippen molar-refractivity contribution in [2.75, 3.05) is 24.5 Å². The third-order valence-corrected chi connectivity index (χ3v) is 4.74. The van der Waals surface area contributed by atoms with Gasteiger partial charge < -0.3 is 20.9 Å². The van der Waals surface area contributed by atoms with Gasteiger partial charge in [0, 0.05) is 61.9 Å². The molecule has 3 aromatic rings.